The van der Waals surface area contributed by atoms with Crippen molar-refractivity contribution in [2.75, 3.05) is 7.05 Å². The predicted octanol–water partition coefficient (Wildman–Crippen LogP) is 0.608. The molecule has 2 aromatic heterocycles. The van der Waals surface area contributed by atoms with Crippen molar-refractivity contribution < 1.29 is 8.42 Å². The molecule has 2 aromatic rings. The normalized spacial score (nSPS) is 11.6. The lowest BCUT2D eigenvalue weighted by molar-refractivity contribution is 0.580. The molecule has 0 unspecified atom stereocenters. The van der Waals surface area contributed by atoms with Crippen molar-refractivity contribution in [1.29, 1.82) is 0 Å². The van der Waals surface area contributed by atoms with Gasteiger partial charge in [0.15, 0.2) is 0 Å². The van der Waals surface area contributed by atoms with E-state index in [0.717, 1.165) is 5.69 Å². The first-order valence-electron chi connectivity index (χ1n) is 5.83. The number of nitrogens with zero attached hydrogens (tertiary/aromatic N) is 1. The molecule has 0 fully saturated rings. The zero-order chi connectivity index (χ0) is 13.7. The van der Waals surface area contributed by atoms with Crippen LogP contribution in [0.3, 0.4) is 0 Å². The van der Waals surface area contributed by atoms with E-state index in [1.54, 1.807) is 31.4 Å². The van der Waals surface area contributed by atoms with Gasteiger partial charge in [-0.1, -0.05) is 6.07 Å². The van der Waals surface area contributed by atoms with Gasteiger partial charge in [0.2, 0.25) is 10.0 Å². The Kier molecular flexibility index (Phi) is 4.31. The number of aromatic nitrogens is 2. The van der Waals surface area contributed by atoms with Crippen LogP contribution in [0.4, 0.5) is 0 Å². The van der Waals surface area contributed by atoms with Crippen molar-refractivity contribution in [2.24, 2.45) is 0 Å². The number of hydrogen-bond donors (Lipinski definition) is 3. The van der Waals surface area contributed by atoms with E-state index in [2.05, 4.69) is 20.0 Å². The maximum Gasteiger partial charge on any atom is 0.242 e. The van der Waals surface area contributed by atoms with Crippen LogP contribution in [0, 0.1) is 0 Å². The Labute approximate surface area is 112 Å². The summed E-state index contributed by atoms with van der Waals surface area (Å²) in [6.07, 6.45) is 3.11. The minimum Gasteiger partial charge on any atom is -0.363 e. The average Bonchev–Trinajstić information content (AvgIpc) is 2.88. The molecule has 0 saturated heterocycles. The van der Waals surface area contributed by atoms with Crippen LogP contribution in [0.15, 0.2) is 41.6 Å². The van der Waals surface area contributed by atoms with Crippen LogP contribution >= 0.6 is 0 Å². The van der Waals surface area contributed by atoms with Crippen LogP contribution < -0.4 is 10.0 Å². The molecule has 102 valence electrons. The SMILES string of the molecule is CNCc1cc(S(=O)(=O)NCc2ccccn2)c[nH]1. The van der Waals surface area contributed by atoms with Crippen molar-refractivity contribution in [3.05, 3.63) is 48.0 Å². The second kappa shape index (κ2) is 5.96. The predicted molar refractivity (Wildman–Crippen MR) is 71.8 cm³/mol. The van der Waals surface area contributed by atoms with Gasteiger partial charge in [-0.05, 0) is 25.2 Å². The average molecular weight is 280 g/mol. The smallest absolute Gasteiger partial charge is 0.242 e. The molecule has 0 aliphatic heterocycles. The standard InChI is InChI=1S/C12H16N4O2S/c1-13-7-11-6-12(9-15-11)19(17,18)16-8-10-4-2-3-5-14-10/h2-6,9,13,15-16H,7-8H2,1H3. The molecule has 19 heavy (non-hydrogen) atoms. The van der Waals surface area contributed by atoms with Gasteiger partial charge < -0.3 is 10.3 Å². The molecule has 0 bridgehead atoms. The zero-order valence-electron chi connectivity index (χ0n) is 10.6. The second-order valence-electron chi connectivity index (χ2n) is 4.04. The summed E-state index contributed by atoms with van der Waals surface area (Å²) in [6, 6.07) is 6.98. The molecule has 0 spiro atoms. The Morgan fingerprint density at radius 2 is 2.16 bits per heavy atom. The van der Waals surface area contributed by atoms with Gasteiger partial charge in [-0.25, -0.2) is 13.1 Å². The lowest BCUT2D eigenvalue weighted by atomic mass is 10.4. The van der Waals surface area contributed by atoms with Crippen LogP contribution in [0.25, 0.3) is 0 Å². The van der Waals surface area contributed by atoms with E-state index >= 15 is 0 Å². The van der Waals surface area contributed by atoms with Gasteiger partial charge in [-0.2, -0.15) is 0 Å². The first-order valence-corrected chi connectivity index (χ1v) is 7.31. The van der Waals surface area contributed by atoms with Gasteiger partial charge in [0.1, 0.15) is 0 Å². The Bertz CT molecular complexity index is 622. The van der Waals surface area contributed by atoms with Crippen molar-refractivity contribution >= 4 is 10.0 Å². The summed E-state index contributed by atoms with van der Waals surface area (Å²) >= 11 is 0. The lowest BCUT2D eigenvalue weighted by Crippen LogP contribution is -2.23. The molecule has 0 aromatic carbocycles. The molecule has 0 radical (unpaired) electrons. The third-order valence-corrected chi connectivity index (χ3v) is 3.94. The Balaban J connectivity index is 2.05. The number of pyridine rings is 1. The number of aromatic amines is 1. The maximum atomic E-state index is 12.0. The highest BCUT2D eigenvalue weighted by Gasteiger charge is 2.15. The number of sulfonamides is 1. The van der Waals surface area contributed by atoms with Gasteiger partial charge in [-0.3, -0.25) is 4.98 Å². The summed E-state index contributed by atoms with van der Waals surface area (Å²) in [5, 5.41) is 2.95. The van der Waals surface area contributed by atoms with Crippen LogP contribution in [0.5, 0.6) is 0 Å². The van der Waals surface area contributed by atoms with Crippen LogP contribution in [-0.2, 0) is 23.1 Å². The molecule has 3 N–H and O–H groups in total. The molecular formula is C12H16N4O2S. The number of rotatable bonds is 6. The monoisotopic (exact) mass is 280 g/mol. The van der Waals surface area contributed by atoms with E-state index in [-0.39, 0.29) is 11.4 Å². The molecule has 0 atom stereocenters. The molecule has 0 saturated carbocycles. The summed E-state index contributed by atoms with van der Waals surface area (Å²) in [4.78, 5) is 7.21. The van der Waals surface area contributed by atoms with Gasteiger partial charge in [0.25, 0.3) is 0 Å². The van der Waals surface area contributed by atoms with Crippen LogP contribution in [0.1, 0.15) is 11.4 Å². The van der Waals surface area contributed by atoms with Crippen molar-refractivity contribution in [3.63, 3.8) is 0 Å². The molecule has 2 rings (SSSR count). The van der Waals surface area contributed by atoms with E-state index in [0.29, 0.717) is 12.2 Å². The molecule has 0 aliphatic rings. The first-order chi connectivity index (χ1) is 9.12. The summed E-state index contributed by atoms with van der Waals surface area (Å²) in [7, 11) is -1.71. The number of H-pyrrole nitrogens is 1. The summed E-state index contributed by atoms with van der Waals surface area (Å²) in [5.74, 6) is 0. The third-order valence-electron chi connectivity index (χ3n) is 2.56. The summed E-state index contributed by atoms with van der Waals surface area (Å²) in [6.45, 7) is 0.769. The van der Waals surface area contributed by atoms with Crippen molar-refractivity contribution in [1.82, 2.24) is 20.0 Å². The quantitative estimate of drug-likeness (QED) is 0.723. The molecule has 7 heteroatoms. The third kappa shape index (κ3) is 3.63. The van der Waals surface area contributed by atoms with Crippen LogP contribution in [0.2, 0.25) is 0 Å². The van der Waals surface area contributed by atoms with E-state index in [4.69, 9.17) is 0 Å². The fourth-order valence-electron chi connectivity index (χ4n) is 1.62. The van der Waals surface area contributed by atoms with E-state index < -0.39 is 10.0 Å². The summed E-state index contributed by atoms with van der Waals surface area (Å²) in [5.41, 5.74) is 1.50. The molecular weight excluding hydrogens is 264 g/mol. The Morgan fingerprint density at radius 3 is 2.84 bits per heavy atom. The van der Waals surface area contributed by atoms with Crippen molar-refractivity contribution in [3.8, 4) is 0 Å². The second-order valence-corrected chi connectivity index (χ2v) is 5.80. The fraction of sp³-hybridized carbons (Fsp3) is 0.250. The topological polar surface area (TPSA) is 86.9 Å². The van der Waals surface area contributed by atoms with Gasteiger partial charge >= 0.3 is 0 Å². The van der Waals surface area contributed by atoms with Gasteiger partial charge in [-0.15, -0.1) is 0 Å². The highest BCUT2D eigenvalue weighted by molar-refractivity contribution is 7.89. The molecule has 0 aliphatic carbocycles. The van der Waals surface area contributed by atoms with Crippen molar-refractivity contribution in [2.45, 2.75) is 18.0 Å². The first kappa shape index (κ1) is 13.7. The zero-order valence-corrected chi connectivity index (χ0v) is 11.4. The number of nitrogens with one attached hydrogen (secondary N) is 3. The van der Waals surface area contributed by atoms with E-state index in [1.165, 1.54) is 6.20 Å². The Morgan fingerprint density at radius 1 is 1.32 bits per heavy atom. The fourth-order valence-corrected chi connectivity index (χ4v) is 2.64. The maximum absolute atomic E-state index is 12.0. The minimum absolute atomic E-state index is 0.176. The molecule has 0 amide bonds. The molecule has 2 heterocycles. The largest absolute Gasteiger partial charge is 0.363 e. The highest BCUT2D eigenvalue weighted by atomic mass is 32.2. The summed E-state index contributed by atoms with van der Waals surface area (Å²) < 4.78 is 26.6. The number of hydrogen-bond acceptors (Lipinski definition) is 4. The Hall–Kier alpha value is -1.70. The molecule has 6 nitrogen and oxygen atoms in total. The van der Waals surface area contributed by atoms with Gasteiger partial charge in [0.05, 0.1) is 17.1 Å². The highest BCUT2D eigenvalue weighted by Crippen LogP contribution is 2.11. The van der Waals surface area contributed by atoms with E-state index in [9.17, 15) is 8.42 Å². The van der Waals surface area contributed by atoms with Gasteiger partial charge in [0, 0.05) is 24.6 Å². The lowest BCUT2D eigenvalue weighted by Gasteiger charge is -2.04. The van der Waals surface area contributed by atoms with E-state index in [1.807, 2.05) is 6.07 Å². The minimum atomic E-state index is -3.50. The van der Waals surface area contributed by atoms with Crippen LogP contribution in [-0.4, -0.2) is 25.4 Å².